The SMILES string of the molecule is COC(=O)[C@@H]1Cc2ccccc2CN1C(=O)COC(=O)c1ccc2ccccc2c1O. The van der Waals surface area contributed by atoms with Gasteiger partial charge in [0.1, 0.15) is 17.4 Å². The van der Waals surface area contributed by atoms with Crippen LogP contribution in [0.4, 0.5) is 0 Å². The number of fused-ring (bicyclic) bond motifs is 2. The van der Waals surface area contributed by atoms with Gasteiger partial charge in [-0.3, -0.25) is 4.79 Å². The molecule has 7 heteroatoms. The summed E-state index contributed by atoms with van der Waals surface area (Å²) in [5.74, 6) is -2.06. The molecule has 0 unspecified atom stereocenters. The van der Waals surface area contributed by atoms with Gasteiger partial charge in [-0.1, -0.05) is 54.6 Å². The molecule has 31 heavy (non-hydrogen) atoms. The maximum absolute atomic E-state index is 12.9. The van der Waals surface area contributed by atoms with E-state index in [4.69, 9.17) is 9.47 Å². The molecule has 0 radical (unpaired) electrons. The number of amides is 1. The average molecular weight is 419 g/mol. The number of methoxy groups -OCH3 is 1. The fourth-order valence-electron chi connectivity index (χ4n) is 3.84. The summed E-state index contributed by atoms with van der Waals surface area (Å²) in [4.78, 5) is 39.0. The zero-order valence-electron chi connectivity index (χ0n) is 16.9. The monoisotopic (exact) mass is 419 g/mol. The van der Waals surface area contributed by atoms with E-state index in [1.165, 1.54) is 18.1 Å². The van der Waals surface area contributed by atoms with Crippen molar-refractivity contribution in [3.63, 3.8) is 0 Å². The lowest BCUT2D eigenvalue weighted by atomic mass is 9.94. The van der Waals surface area contributed by atoms with Crippen LogP contribution in [0.1, 0.15) is 21.5 Å². The quantitative estimate of drug-likeness (QED) is 0.654. The van der Waals surface area contributed by atoms with E-state index in [-0.39, 0.29) is 17.9 Å². The summed E-state index contributed by atoms with van der Waals surface area (Å²) in [6.45, 7) is -0.339. The van der Waals surface area contributed by atoms with Gasteiger partial charge < -0.3 is 19.5 Å². The fraction of sp³-hybridized carbons (Fsp3) is 0.208. The third-order valence-electron chi connectivity index (χ3n) is 5.49. The van der Waals surface area contributed by atoms with E-state index in [1.807, 2.05) is 36.4 Å². The van der Waals surface area contributed by atoms with Gasteiger partial charge in [-0.25, -0.2) is 9.59 Å². The Morgan fingerprint density at radius 2 is 1.71 bits per heavy atom. The Labute approximate surface area is 178 Å². The van der Waals surface area contributed by atoms with Crippen molar-refractivity contribution in [2.45, 2.75) is 19.0 Å². The van der Waals surface area contributed by atoms with Crippen molar-refractivity contribution in [3.05, 3.63) is 77.4 Å². The topological polar surface area (TPSA) is 93.1 Å². The molecule has 1 aliphatic heterocycles. The largest absolute Gasteiger partial charge is 0.506 e. The highest BCUT2D eigenvalue weighted by molar-refractivity contribution is 6.01. The molecule has 0 saturated carbocycles. The van der Waals surface area contributed by atoms with Gasteiger partial charge >= 0.3 is 11.9 Å². The number of ether oxygens (including phenoxy) is 2. The van der Waals surface area contributed by atoms with Gasteiger partial charge in [-0.05, 0) is 22.6 Å². The van der Waals surface area contributed by atoms with E-state index in [1.54, 1.807) is 18.2 Å². The van der Waals surface area contributed by atoms with Crippen molar-refractivity contribution in [3.8, 4) is 5.75 Å². The molecule has 0 saturated heterocycles. The summed E-state index contributed by atoms with van der Waals surface area (Å²) in [6, 6.07) is 17.0. The van der Waals surface area contributed by atoms with Gasteiger partial charge in [0.2, 0.25) is 0 Å². The molecule has 0 aliphatic carbocycles. The average Bonchev–Trinajstić information content (AvgIpc) is 2.81. The molecule has 158 valence electrons. The highest BCUT2D eigenvalue weighted by Crippen LogP contribution is 2.29. The molecule has 0 spiro atoms. The molecule has 1 N–H and O–H groups in total. The minimum Gasteiger partial charge on any atom is -0.506 e. The van der Waals surface area contributed by atoms with Gasteiger partial charge in [0, 0.05) is 18.4 Å². The second-order valence-corrected chi connectivity index (χ2v) is 7.29. The van der Waals surface area contributed by atoms with Gasteiger partial charge in [-0.15, -0.1) is 0 Å². The highest BCUT2D eigenvalue weighted by Gasteiger charge is 2.35. The first kappa shape index (κ1) is 20.4. The zero-order chi connectivity index (χ0) is 22.0. The summed E-state index contributed by atoms with van der Waals surface area (Å²) in [5, 5.41) is 11.7. The van der Waals surface area contributed by atoms with Crippen LogP contribution in [-0.4, -0.2) is 47.6 Å². The van der Waals surface area contributed by atoms with Crippen molar-refractivity contribution in [2.24, 2.45) is 0 Å². The predicted molar refractivity (Wildman–Crippen MR) is 112 cm³/mol. The van der Waals surface area contributed by atoms with Crippen LogP contribution >= 0.6 is 0 Å². The molecule has 0 aromatic heterocycles. The van der Waals surface area contributed by atoms with Crippen LogP contribution in [0.5, 0.6) is 5.75 Å². The van der Waals surface area contributed by atoms with Gasteiger partial charge in [0.25, 0.3) is 5.91 Å². The summed E-state index contributed by atoms with van der Waals surface area (Å²) in [7, 11) is 1.27. The number of phenolic OH excluding ortho intramolecular Hbond substituents is 1. The van der Waals surface area contributed by atoms with Gasteiger partial charge in [-0.2, -0.15) is 0 Å². The number of rotatable bonds is 4. The fourth-order valence-corrected chi connectivity index (χ4v) is 3.84. The second kappa shape index (κ2) is 8.47. The van der Waals surface area contributed by atoms with E-state index in [0.717, 1.165) is 16.5 Å². The van der Waals surface area contributed by atoms with E-state index in [9.17, 15) is 19.5 Å². The maximum Gasteiger partial charge on any atom is 0.342 e. The van der Waals surface area contributed by atoms with Crippen LogP contribution in [0.15, 0.2) is 60.7 Å². The molecule has 7 nitrogen and oxygen atoms in total. The van der Waals surface area contributed by atoms with Crippen molar-refractivity contribution in [2.75, 3.05) is 13.7 Å². The Bertz CT molecular complexity index is 1170. The predicted octanol–water partition coefficient (Wildman–Crippen LogP) is 2.83. The standard InChI is InChI=1S/C24H21NO6/c1-30-24(29)20-12-16-7-2-3-8-17(16)13-25(20)21(26)14-31-23(28)19-11-10-15-6-4-5-9-18(15)22(19)27/h2-11,20,27H,12-14H2,1H3/t20-/m0/s1. The van der Waals surface area contributed by atoms with E-state index < -0.39 is 30.5 Å². The highest BCUT2D eigenvalue weighted by atomic mass is 16.5. The van der Waals surface area contributed by atoms with Crippen LogP contribution in [-0.2, 0) is 32.0 Å². The molecule has 1 heterocycles. The zero-order valence-corrected chi connectivity index (χ0v) is 16.9. The van der Waals surface area contributed by atoms with Crippen LogP contribution in [0.25, 0.3) is 10.8 Å². The molecule has 3 aromatic rings. The summed E-state index contributed by atoms with van der Waals surface area (Å²) in [6.07, 6.45) is 0.327. The molecule has 1 amide bonds. The molecular formula is C24H21NO6. The van der Waals surface area contributed by atoms with Crippen LogP contribution in [0, 0.1) is 0 Å². The van der Waals surface area contributed by atoms with E-state index in [0.29, 0.717) is 11.8 Å². The Hall–Kier alpha value is -3.87. The third kappa shape index (κ3) is 3.94. The summed E-state index contributed by atoms with van der Waals surface area (Å²) < 4.78 is 10.0. The third-order valence-corrected chi connectivity index (χ3v) is 5.49. The molecule has 0 fully saturated rings. The molecule has 3 aromatic carbocycles. The number of hydrogen-bond donors (Lipinski definition) is 1. The number of hydrogen-bond acceptors (Lipinski definition) is 6. The van der Waals surface area contributed by atoms with Crippen LogP contribution in [0.3, 0.4) is 0 Å². The van der Waals surface area contributed by atoms with Crippen molar-refractivity contribution < 1.29 is 29.0 Å². The first-order valence-corrected chi connectivity index (χ1v) is 9.81. The normalized spacial score (nSPS) is 15.3. The summed E-state index contributed by atoms with van der Waals surface area (Å²) >= 11 is 0. The van der Waals surface area contributed by atoms with Crippen LogP contribution < -0.4 is 0 Å². The lowest BCUT2D eigenvalue weighted by Gasteiger charge is -2.35. The molecular weight excluding hydrogens is 398 g/mol. The van der Waals surface area contributed by atoms with E-state index >= 15 is 0 Å². The van der Waals surface area contributed by atoms with Crippen LogP contribution in [0.2, 0.25) is 0 Å². The Morgan fingerprint density at radius 3 is 2.48 bits per heavy atom. The molecule has 1 atom stereocenters. The van der Waals surface area contributed by atoms with E-state index in [2.05, 4.69) is 0 Å². The Balaban J connectivity index is 1.50. The maximum atomic E-state index is 12.9. The molecule has 4 rings (SSSR count). The van der Waals surface area contributed by atoms with Crippen molar-refractivity contribution in [1.29, 1.82) is 0 Å². The number of esters is 2. The summed E-state index contributed by atoms with van der Waals surface area (Å²) in [5.41, 5.74) is 1.87. The lowest BCUT2D eigenvalue weighted by molar-refractivity contribution is -0.155. The van der Waals surface area contributed by atoms with Gasteiger partial charge in [0.05, 0.1) is 7.11 Å². The molecule has 1 aliphatic rings. The first-order valence-electron chi connectivity index (χ1n) is 9.81. The van der Waals surface area contributed by atoms with Crippen molar-refractivity contribution in [1.82, 2.24) is 4.90 Å². The number of aromatic hydroxyl groups is 1. The Kier molecular flexibility index (Phi) is 5.58. The minimum atomic E-state index is -0.816. The number of benzene rings is 3. The van der Waals surface area contributed by atoms with Gasteiger partial charge in [0.15, 0.2) is 6.61 Å². The Morgan fingerprint density at radius 1 is 1.00 bits per heavy atom. The number of nitrogens with zero attached hydrogens (tertiary/aromatic N) is 1. The minimum absolute atomic E-state index is 0.0278. The van der Waals surface area contributed by atoms with Crippen molar-refractivity contribution >= 4 is 28.6 Å². The molecule has 0 bridgehead atoms. The lowest BCUT2D eigenvalue weighted by Crippen LogP contribution is -2.50. The second-order valence-electron chi connectivity index (χ2n) is 7.29. The number of carbonyl (C=O) groups excluding carboxylic acids is 3. The number of carbonyl (C=O) groups is 3. The first-order chi connectivity index (χ1) is 15.0. The number of phenols is 1. The smallest absolute Gasteiger partial charge is 0.342 e.